The second-order valence-electron chi connectivity index (χ2n) is 6.37. The van der Waals surface area contributed by atoms with Crippen molar-refractivity contribution in [1.29, 1.82) is 0 Å². The summed E-state index contributed by atoms with van der Waals surface area (Å²) >= 11 is 0. The van der Waals surface area contributed by atoms with Crippen molar-refractivity contribution in [1.82, 2.24) is 20.9 Å². The van der Waals surface area contributed by atoms with E-state index in [-0.39, 0.29) is 5.91 Å². The maximum atomic E-state index is 11.7. The summed E-state index contributed by atoms with van der Waals surface area (Å²) in [7, 11) is 0. The summed E-state index contributed by atoms with van der Waals surface area (Å²) in [5.74, 6) is 0.331. The minimum absolute atomic E-state index is 0.247. The fourth-order valence-electron chi connectivity index (χ4n) is 3.63. The molecule has 2 aliphatic heterocycles. The van der Waals surface area contributed by atoms with E-state index < -0.39 is 12.1 Å². The van der Waals surface area contributed by atoms with Gasteiger partial charge in [0.25, 0.3) is 5.91 Å². The number of piperidine rings is 1. The number of aromatic amines is 1. The van der Waals surface area contributed by atoms with Gasteiger partial charge in [0.1, 0.15) is 6.04 Å². The van der Waals surface area contributed by atoms with E-state index in [1.165, 1.54) is 10.9 Å². The van der Waals surface area contributed by atoms with Crippen LogP contribution < -0.4 is 16.0 Å². The van der Waals surface area contributed by atoms with Gasteiger partial charge in [-0.25, -0.2) is 4.79 Å². The molecule has 2 aromatic rings. The van der Waals surface area contributed by atoms with E-state index in [0.29, 0.717) is 12.3 Å². The van der Waals surface area contributed by atoms with Gasteiger partial charge in [0.05, 0.1) is 0 Å². The van der Waals surface area contributed by atoms with Gasteiger partial charge in [-0.15, -0.1) is 0 Å². The molecule has 4 rings (SSSR count). The third-order valence-corrected chi connectivity index (χ3v) is 4.86. The Morgan fingerprint density at radius 2 is 1.96 bits per heavy atom. The number of fused-ring (bicyclic) bond motifs is 1. The highest BCUT2D eigenvalue weighted by molar-refractivity contribution is 6.04. The minimum Gasteiger partial charge on any atom is -0.361 e. The van der Waals surface area contributed by atoms with E-state index in [1.54, 1.807) is 0 Å². The van der Waals surface area contributed by atoms with Gasteiger partial charge in [0.15, 0.2) is 0 Å². The zero-order valence-corrected chi connectivity index (χ0v) is 12.8. The lowest BCUT2D eigenvalue weighted by atomic mass is 9.89. The van der Waals surface area contributed by atoms with Gasteiger partial charge in [0, 0.05) is 23.5 Å². The van der Waals surface area contributed by atoms with E-state index in [0.717, 1.165) is 37.0 Å². The summed E-state index contributed by atoms with van der Waals surface area (Å²) in [6.45, 7) is 2.12. The number of rotatable bonds is 3. The number of benzene rings is 1. The molecular weight excluding hydrogens is 292 g/mol. The van der Waals surface area contributed by atoms with Crippen molar-refractivity contribution in [2.45, 2.75) is 31.2 Å². The SMILES string of the molecule is O=C1NC(=O)C(Cc2ccc3[nH]cc(C4CCNCC4)c3c2)N1. The lowest BCUT2D eigenvalue weighted by Gasteiger charge is -2.22. The summed E-state index contributed by atoms with van der Waals surface area (Å²) in [4.78, 5) is 26.3. The Bertz CT molecular complexity index is 761. The summed E-state index contributed by atoms with van der Waals surface area (Å²) in [5.41, 5.74) is 3.56. The first-order valence-corrected chi connectivity index (χ1v) is 8.13. The topological polar surface area (TPSA) is 86.0 Å². The van der Waals surface area contributed by atoms with Crippen LogP contribution in [0.5, 0.6) is 0 Å². The molecule has 0 bridgehead atoms. The Balaban J connectivity index is 1.61. The van der Waals surface area contributed by atoms with Crippen molar-refractivity contribution in [3.8, 4) is 0 Å². The highest BCUT2D eigenvalue weighted by Gasteiger charge is 2.29. The average molecular weight is 312 g/mol. The van der Waals surface area contributed by atoms with Crippen molar-refractivity contribution >= 4 is 22.8 Å². The molecule has 6 nitrogen and oxygen atoms in total. The van der Waals surface area contributed by atoms with Crippen LogP contribution >= 0.6 is 0 Å². The molecule has 6 heteroatoms. The molecule has 0 saturated carbocycles. The number of H-pyrrole nitrogens is 1. The van der Waals surface area contributed by atoms with E-state index in [9.17, 15) is 9.59 Å². The minimum atomic E-state index is -0.471. The zero-order valence-electron chi connectivity index (χ0n) is 12.8. The summed E-state index contributed by atoms with van der Waals surface area (Å²) < 4.78 is 0. The molecule has 1 unspecified atom stereocenters. The number of nitrogens with one attached hydrogen (secondary N) is 4. The number of urea groups is 1. The molecule has 2 fully saturated rings. The highest BCUT2D eigenvalue weighted by atomic mass is 16.2. The average Bonchev–Trinajstić information content (AvgIpc) is 3.11. The third kappa shape index (κ3) is 2.70. The fourth-order valence-corrected chi connectivity index (χ4v) is 3.63. The lowest BCUT2D eigenvalue weighted by Crippen LogP contribution is -2.31. The van der Waals surface area contributed by atoms with Gasteiger partial charge in [-0.05, 0) is 55.1 Å². The Morgan fingerprint density at radius 1 is 1.13 bits per heavy atom. The van der Waals surface area contributed by atoms with Crippen molar-refractivity contribution in [2.24, 2.45) is 0 Å². The highest BCUT2D eigenvalue weighted by Crippen LogP contribution is 2.32. The van der Waals surface area contributed by atoms with Gasteiger partial charge in [-0.3, -0.25) is 10.1 Å². The number of hydrogen-bond donors (Lipinski definition) is 4. The van der Waals surface area contributed by atoms with Gasteiger partial charge >= 0.3 is 6.03 Å². The zero-order chi connectivity index (χ0) is 15.8. The molecule has 1 atom stereocenters. The summed E-state index contributed by atoms with van der Waals surface area (Å²) in [6.07, 6.45) is 4.94. The molecule has 1 aromatic heterocycles. The van der Waals surface area contributed by atoms with Crippen LogP contribution in [0.25, 0.3) is 10.9 Å². The van der Waals surface area contributed by atoms with E-state index in [2.05, 4.69) is 39.3 Å². The Hall–Kier alpha value is -2.34. The molecule has 2 saturated heterocycles. The van der Waals surface area contributed by atoms with Crippen LogP contribution in [0, 0.1) is 0 Å². The lowest BCUT2D eigenvalue weighted by molar-refractivity contribution is -0.120. The summed E-state index contributed by atoms with van der Waals surface area (Å²) in [5, 5.41) is 9.57. The van der Waals surface area contributed by atoms with Gasteiger partial charge < -0.3 is 15.6 Å². The number of carbonyl (C=O) groups excluding carboxylic acids is 2. The van der Waals surface area contributed by atoms with Gasteiger partial charge in [-0.1, -0.05) is 6.07 Å². The second kappa shape index (κ2) is 5.70. The number of imide groups is 1. The smallest absolute Gasteiger partial charge is 0.322 e. The van der Waals surface area contributed by atoms with Crippen LogP contribution in [-0.2, 0) is 11.2 Å². The quantitative estimate of drug-likeness (QED) is 0.646. The largest absolute Gasteiger partial charge is 0.361 e. The Kier molecular flexibility index (Phi) is 3.53. The Labute approximate surface area is 134 Å². The fraction of sp³-hybridized carbons (Fsp3) is 0.412. The van der Waals surface area contributed by atoms with E-state index in [1.807, 2.05) is 6.07 Å². The van der Waals surface area contributed by atoms with Crippen LogP contribution in [0.2, 0.25) is 0 Å². The molecule has 0 spiro atoms. The number of amides is 3. The molecular formula is C17H20N4O2. The maximum absolute atomic E-state index is 11.7. The molecule has 120 valence electrons. The first-order valence-electron chi connectivity index (χ1n) is 8.13. The predicted octanol–water partition coefficient (Wildman–Crippen LogP) is 1.39. The van der Waals surface area contributed by atoms with Crippen molar-refractivity contribution < 1.29 is 9.59 Å². The van der Waals surface area contributed by atoms with Crippen molar-refractivity contribution in [3.05, 3.63) is 35.5 Å². The standard InChI is InChI=1S/C17H20N4O2/c22-16-15(20-17(23)21-16)8-10-1-2-14-12(7-10)13(9-19-14)11-3-5-18-6-4-11/h1-2,7,9,11,15,18-19H,3-6,8H2,(H2,20,21,22,23). The molecule has 3 amide bonds. The molecule has 1 aromatic carbocycles. The summed E-state index contributed by atoms with van der Waals surface area (Å²) in [6, 6.07) is 5.35. The first kappa shape index (κ1) is 14.3. The van der Waals surface area contributed by atoms with E-state index >= 15 is 0 Å². The molecule has 3 heterocycles. The third-order valence-electron chi connectivity index (χ3n) is 4.86. The number of carbonyl (C=O) groups is 2. The maximum Gasteiger partial charge on any atom is 0.322 e. The van der Waals surface area contributed by atoms with Crippen molar-refractivity contribution in [2.75, 3.05) is 13.1 Å². The second-order valence-corrected chi connectivity index (χ2v) is 6.37. The van der Waals surface area contributed by atoms with Crippen LogP contribution in [0.1, 0.15) is 29.9 Å². The van der Waals surface area contributed by atoms with Gasteiger partial charge in [0.2, 0.25) is 0 Å². The number of aromatic nitrogens is 1. The normalized spacial score (nSPS) is 22.3. The monoisotopic (exact) mass is 312 g/mol. The molecule has 4 N–H and O–H groups in total. The molecule has 2 aliphatic rings. The first-order chi connectivity index (χ1) is 11.2. The van der Waals surface area contributed by atoms with Crippen LogP contribution in [-0.4, -0.2) is 36.1 Å². The van der Waals surface area contributed by atoms with Crippen LogP contribution in [0.3, 0.4) is 0 Å². The Morgan fingerprint density at radius 3 is 2.70 bits per heavy atom. The van der Waals surface area contributed by atoms with E-state index in [4.69, 9.17) is 0 Å². The van der Waals surface area contributed by atoms with Crippen LogP contribution in [0.15, 0.2) is 24.4 Å². The molecule has 0 radical (unpaired) electrons. The predicted molar refractivity (Wildman–Crippen MR) is 87.3 cm³/mol. The van der Waals surface area contributed by atoms with Gasteiger partial charge in [-0.2, -0.15) is 0 Å². The molecule has 0 aliphatic carbocycles. The number of hydrogen-bond acceptors (Lipinski definition) is 3. The van der Waals surface area contributed by atoms with Crippen LogP contribution in [0.4, 0.5) is 4.79 Å². The van der Waals surface area contributed by atoms with Crippen molar-refractivity contribution in [3.63, 3.8) is 0 Å². The molecule has 23 heavy (non-hydrogen) atoms.